The number of Topliss-reactive ketones (excluding diaryl/α,β-unsaturated/α-hetero) is 1. The van der Waals surface area contributed by atoms with Crippen molar-refractivity contribution in [3.63, 3.8) is 0 Å². The number of hydrogen-bond donors (Lipinski definition) is 2. The predicted octanol–water partition coefficient (Wildman–Crippen LogP) is 1.93. The fraction of sp³-hybridized carbons (Fsp3) is 0.214. The lowest BCUT2D eigenvalue weighted by Crippen LogP contribution is -2.28. The first-order chi connectivity index (χ1) is 10.8. The highest BCUT2D eigenvalue weighted by atomic mass is 32.1. The largest absolute Gasteiger partial charge is 0.375 e. The third-order valence-corrected chi connectivity index (χ3v) is 3.82. The van der Waals surface area contributed by atoms with Crippen molar-refractivity contribution in [1.82, 2.24) is 10.3 Å². The topological polar surface area (TPSA) is 128 Å². The number of nitrogens with zero attached hydrogens (tertiary/aromatic N) is 2. The van der Waals surface area contributed by atoms with Crippen molar-refractivity contribution in [2.24, 2.45) is 0 Å². The Bertz CT molecular complexity index is 800. The number of rotatable bonds is 5. The van der Waals surface area contributed by atoms with Crippen LogP contribution in [0.4, 0.5) is 10.8 Å². The summed E-state index contributed by atoms with van der Waals surface area (Å²) in [4.78, 5) is 38.5. The smallest absolute Gasteiger partial charge is 0.282 e. The minimum absolute atomic E-state index is 0.110. The number of benzene rings is 1. The number of hydrogen-bond acceptors (Lipinski definition) is 7. The molecule has 0 unspecified atom stereocenters. The van der Waals surface area contributed by atoms with E-state index in [-0.39, 0.29) is 23.6 Å². The van der Waals surface area contributed by atoms with Crippen molar-refractivity contribution in [3.05, 3.63) is 38.8 Å². The van der Waals surface area contributed by atoms with Gasteiger partial charge in [-0.3, -0.25) is 19.7 Å². The number of nitro groups is 1. The molecule has 2 rings (SSSR count). The standard InChI is InChI=1S/C14H14N4O4S/c1-7(19)6-16-13(20)10-4-3-9(5-11(10)18(21)22)12-8(2)23-14(15)17-12/h3-5H,6H2,1-2H3,(H2,15,17)(H,16,20). The molecular weight excluding hydrogens is 320 g/mol. The number of aromatic nitrogens is 1. The van der Waals surface area contributed by atoms with Gasteiger partial charge >= 0.3 is 0 Å². The van der Waals surface area contributed by atoms with E-state index in [1.807, 2.05) is 6.92 Å². The summed E-state index contributed by atoms with van der Waals surface area (Å²) in [6.45, 7) is 2.94. The number of nitro benzene ring substituents is 1. The molecule has 0 fully saturated rings. The van der Waals surface area contributed by atoms with Gasteiger partial charge in [-0.05, 0) is 19.9 Å². The van der Waals surface area contributed by atoms with Crippen molar-refractivity contribution in [2.45, 2.75) is 13.8 Å². The van der Waals surface area contributed by atoms with Gasteiger partial charge in [0.1, 0.15) is 11.3 Å². The Labute approximate surface area is 135 Å². The lowest BCUT2D eigenvalue weighted by atomic mass is 10.1. The van der Waals surface area contributed by atoms with Crippen LogP contribution in [0.3, 0.4) is 0 Å². The first-order valence-electron chi connectivity index (χ1n) is 6.59. The van der Waals surface area contributed by atoms with E-state index in [9.17, 15) is 19.7 Å². The first-order valence-corrected chi connectivity index (χ1v) is 7.40. The molecular formula is C14H14N4O4S. The van der Waals surface area contributed by atoms with Crippen LogP contribution >= 0.6 is 11.3 Å². The van der Waals surface area contributed by atoms with Gasteiger partial charge in [0, 0.05) is 16.5 Å². The summed E-state index contributed by atoms with van der Waals surface area (Å²) in [5, 5.41) is 14.0. The zero-order valence-electron chi connectivity index (χ0n) is 12.5. The van der Waals surface area contributed by atoms with E-state index in [0.717, 1.165) is 4.88 Å². The van der Waals surface area contributed by atoms with Crippen LogP contribution in [-0.2, 0) is 4.79 Å². The van der Waals surface area contributed by atoms with Gasteiger partial charge in [-0.2, -0.15) is 0 Å². The summed E-state index contributed by atoms with van der Waals surface area (Å²) in [6.07, 6.45) is 0. The summed E-state index contributed by atoms with van der Waals surface area (Å²) in [6, 6.07) is 4.19. The average molecular weight is 334 g/mol. The predicted molar refractivity (Wildman–Crippen MR) is 86.4 cm³/mol. The molecule has 0 aliphatic rings. The minimum Gasteiger partial charge on any atom is -0.375 e. The molecule has 0 spiro atoms. The van der Waals surface area contributed by atoms with Crippen molar-refractivity contribution >= 4 is 33.8 Å². The van der Waals surface area contributed by atoms with E-state index in [4.69, 9.17) is 5.73 Å². The van der Waals surface area contributed by atoms with Crippen LogP contribution in [0, 0.1) is 17.0 Å². The molecule has 2 aromatic rings. The molecule has 8 nitrogen and oxygen atoms in total. The second-order valence-electron chi connectivity index (χ2n) is 4.83. The van der Waals surface area contributed by atoms with Gasteiger partial charge in [-0.25, -0.2) is 4.98 Å². The maximum absolute atomic E-state index is 12.0. The van der Waals surface area contributed by atoms with Crippen molar-refractivity contribution in [1.29, 1.82) is 0 Å². The third-order valence-electron chi connectivity index (χ3n) is 3.02. The number of nitrogen functional groups attached to an aromatic ring is 1. The van der Waals surface area contributed by atoms with Crippen LogP contribution in [-0.4, -0.2) is 28.1 Å². The molecule has 120 valence electrons. The minimum atomic E-state index is -0.673. The van der Waals surface area contributed by atoms with Crippen LogP contribution in [0.5, 0.6) is 0 Å². The van der Waals surface area contributed by atoms with Crippen LogP contribution in [0.25, 0.3) is 11.3 Å². The van der Waals surface area contributed by atoms with E-state index in [2.05, 4.69) is 10.3 Å². The molecule has 0 atom stereocenters. The van der Waals surface area contributed by atoms with Crippen LogP contribution in [0.1, 0.15) is 22.2 Å². The van der Waals surface area contributed by atoms with E-state index in [1.54, 1.807) is 6.07 Å². The maximum atomic E-state index is 12.0. The molecule has 1 heterocycles. The Morgan fingerprint density at radius 1 is 1.43 bits per heavy atom. The summed E-state index contributed by atoms with van der Waals surface area (Å²) in [7, 11) is 0. The van der Waals surface area contributed by atoms with E-state index in [0.29, 0.717) is 16.4 Å². The molecule has 0 aliphatic heterocycles. The molecule has 1 aromatic carbocycles. The highest BCUT2D eigenvalue weighted by Crippen LogP contribution is 2.32. The molecule has 0 saturated heterocycles. The zero-order chi connectivity index (χ0) is 17.1. The number of ketones is 1. The van der Waals surface area contributed by atoms with E-state index < -0.39 is 10.8 Å². The molecule has 1 aromatic heterocycles. The van der Waals surface area contributed by atoms with Crippen molar-refractivity contribution < 1.29 is 14.5 Å². The third kappa shape index (κ3) is 3.69. The van der Waals surface area contributed by atoms with Gasteiger partial charge in [0.15, 0.2) is 5.13 Å². The summed E-state index contributed by atoms with van der Waals surface area (Å²) < 4.78 is 0. The molecule has 23 heavy (non-hydrogen) atoms. The normalized spacial score (nSPS) is 10.3. The SMILES string of the molecule is CC(=O)CNC(=O)c1ccc(-c2nc(N)sc2C)cc1[N+](=O)[O-]. The monoisotopic (exact) mass is 334 g/mol. The van der Waals surface area contributed by atoms with Crippen molar-refractivity contribution in [3.8, 4) is 11.3 Å². The number of thiazole rings is 1. The Morgan fingerprint density at radius 3 is 2.65 bits per heavy atom. The zero-order valence-corrected chi connectivity index (χ0v) is 13.3. The maximum Gasteiger partial charge on any atom is 0.282 e. The number of nitrogens with one attached hydrogen (secondary N) is 1. The second kappa shape index (κ2) is 6.53. The molecule has 0 aliphatic carbocycles. The number of carbonyl (C=O) groups excluding carboxylic acids is 2. The quantitative estimate of drug-likeness (QED) is 0.635. The van der Waals surface area contributed by atoms with Crippen molar-refractivity contribution in [2.75, 3.05) is 12.3 Å². The number of carbonyl (C=O) groups is 2. The van der Waals surface area contributed by atoms with Crippen LogP contribution < -0.4 is 11.1 Å². The number of aryl methyl sites for hydroxylation is 1. The van der Waals surface area contributed by atoms with Gasteiger partial charge in [-0.15, -0.1) is 11.3 Å². The lowest BCUT2D eigenvalue weighted by Gasteiger charge is -2.06. The average Bonchev–Trinajstić information content (AvgIpc) is 2.82. The Hall–Kier alpha value is -2.81. The van der Waals surface area contributed by atoms with Gasteiger partial charge in [0.25, 0.3) is 11.6 Å². The molecule has 0 radical (unpaired) electrons. The van der Waals surface area contributed by atoms with Gasteiger partial charge in [0.05, 0.1) is 17.2 Å². The molecule has 3 N–H and O–H groups in total. The molecule has 1 amide bonds. The molecule has 0 bridgehead atoms. The number of nitrogens with two attached hydrogens (primary N) is 1. The fourth-order valence-corrected chi connectivity index (χ4v) is 2.72. The summed E-state index contributed by atoms with van der Waals surface area (Å²) in [5.41, 5.74) is 6.23. The van der Waals surface area contributed by atoms with E-state index in [1.165, 1.54) is 30.4 Å². The van der Waals surface area contributed by atoms with Crippen LogP contribution in [0.15, 0.2) is 18.2 Å². The summed E-state index contributed by atoms with van der Waals surface area (Å²) >= 11 is 1.28. The Kier molecular flexibility index (Phi) is 4.70. The summed E-state index contributed by atoms with van der Waals surface area (Å²) in [5.74, 6) is -0.917. The second-order valence-corrected chi connectivity index (χ2v) is 6.07. The van der Waals surface area contributed by atoms with Gasteiger partial charge < -0.3 is 11.1 Å². The van der Waals surface area contributed by atoms with E-state index >= 15 is 0 Å². The van der Waals surface area contributed by atoms with Crippen LogP contribution in [0.2, 0.25) is 0 Å². The van der Waals surface area contributed by atoms with Gasteiger partial charge in [-0.1, -0.05) is 6.07 Å². The fourth-order valence-electron chi connectivity index (χ4n) is 2.01. The van der Waals surface area contributed by atoms with Gasteiger partial charge in [0.2, 0.25) is 0 Å². The number of amides is 1. The molecule has 0 saturated carbocycles. The number of anilines is 1. The highest BCUT2D eigenvalue weighted by molar-refractivity contribution is 7.15. The molecule has 9 heteroatoms. The Morgan fingerprint density at radius 2 is 2.13 bits per heavy atom. The first kappa shape index (κ1) is 16.6. The highest BCUT2D eigenvalue weighted by Gasteiger charge is 2.22. The Balaban J connectivity index is 2.43. The lowest BCUT2D eigenvalue weighted by molar-refractivity contribution is -0.385.